The summed E-state index contributed by atoms with van der Waals surface area (Å²) in [5.74, 6) is -0.773. The van der Waals surface area contributed by atoms with Gasteiger partial charge < -0.3 is 4.57 Å². The highest BCUT2D eigenvalue weighted by Gasteiger charge is 2.30. The Kier molecular flexibility index (Phi) is 4.45. The molecule has 0 N–H and O–H groups in total. The lowest BCUT2D eigenvalue weighted by Crippen LogP contribution is -2.28. The summed E-state index contributed by atoms with van der Waals surface area (Å²) in [6, 6.07) is 14.4. The summed E-state index contributed by atoms with van der Waals surface area (Å²) in [7, 11) is 0. The van der Waals surface area contributed by atoms with E-state index in [1.165, 1.54) is 16.2 Å². The smallest absolute Gasteiger partial charge is 0.279 e. The number of aromatic nitrogens is 1. The fourth-order valence-electron chi connectivity index (χ4n) is 3.18. The van der Waals surface area contributed by atoms with Gasteiger partial charge in [-0.15, -0.1) is 0 Å². The van der Waals surface area contributed by atoms with E-state index < -0.39 is 0 Å². The molecule has 27 heavy (non-hydrogen) atoms. The Morgan fingerprint density at radius 2 is 1.70 bits per heavy atom. The van der Waals surface area contributed by atoms with E-state index in [0.717, 1.165) is 10.2 Å². The van der Waals surface area contributed by atoms with Crippen molar-refractivity contribution in [1.29, 1.82) is 0 Å². The maximum absolute atomic E-state index is 12.6. The molecule has 1 saturated heterocycles. The number of carbonyl (C=O) groups excluding carboxylic acids is 3. The van der Waals surface area contributed by atoms with E-state index in [2.05, 4.69) is 4.99 Å². The monoisotopic (exact) mass is 379 g/mol. The van der Waals surface area contributed by atoms with Crippen LogP contribution in [-0.2, 0) is 16.1 Å². The number of thiazole rings is 1. The molecule has 0 aliphatic carbocycles. The van der Waals surface area contributed by atoms with E-state index in [9.17, 15) is 14.4 Å². The zero-order valence-corrected chi connectivity index (χ0v) is 15.5. The topological polar surface area (TPSA) is 71.7 Å². The molecule has 2 aromatic carbocycles. The van der Waals surface area contributed by atoms with E-state index >= 15 is 0 Å². The molecule has 1 fully saturated rings. The summed E-state index contributed by atoms with van der Waals surface area (Å²) in [6.07, 6.45) is 0.468. The average molecular weight is 379 g/mol. The van der Waals surface area contributed by atoms with Crippen LogP contribution in [0.25, 0.3) is 10.2 Å². The van der Waals surface area contributed by atoms with Crippen molar-refractivity contribution in [2.24, 2.45) is 4.99 Å². The molecule has 136 valence electrons. The predicted molar refractivity (Wildman–Crippen MR) is 104 cm³/mol. The quantitative estimate of drug-likeness (QED) is 0.657. The average Bonchev–Trinajstić information content (AvgIpc) is 3.20. The van der Waals surface area contributed by atoms with Crippen LogP contribution in [0.1, 0.15) is 30.1 Å². The number of rotatable bonds is 3. The molecule has 4 rings (SSSR count). The minimum absolute atomic E-state index is 0.210. The number of aryl methyl sites for hydroxylation is 1. The second-order valence-electron chi connectivity index (χ2n) is 6.18. The van der Waals surface area contributed by atoms with Crippen LogP contribution in [-0.4, -0.2) is 22.3 Å². The molecule has 0 atom stereocenters. The molecule has 0 spiro atoms. The highest BCUT2D eigenvalue weighted by atomic mass is 32.1. The molecule has 1 aliphatic heterocycles. The second kappa shape index (κ2) is 6.92. The number of benzene rings is 2. The van der Waals surface area contributed by atoms with Crippen molar-refractivity contribution in [3.63, 3.8) is 0 Å². The SMILES string of the molecule is CCn1c(=NC(=O)c2ccc(N3C(=O)CCC3=O)cc2)sc2ccccc21. The molecular formula is C20H17N3O3S. The van der Waals surface area contributed by atoms with Gasteiger partial charge in [-0.05, 0) is 43.3 Å². The third kappa shape index (κ3) is 3.10. The minimum Gasteiger partial charge on any atom is -0.317 e. The lowest BCUT2D eigenvalue weighted by atomic mass is 10.2. The van der Waals surface area contributed by atoms with E-state index in [1.807, 2.05) is 35.8 Å². The lowest BCUT2D eigenvalue weighted by molar-refractivity contribution is -0.121. The molecule has 0 saturated carbocycles. The van der Waals surface area contributed by atoms with Crippen molar-refractivity contribution in [3.05, 3.63) is 58.9 Å². The Balaban J connectivity index is 1.67. The van der Waals surface area contributed by atoms with Gasteiger partial charge in [-0.3, -0.25) is 19.3 Å². The van der Waals surface area contributed by atoms with Crippen molar-refractivity contribution in [3.8, 4) is 0 Å². The summed E-state index contributed by atoms with van der Waals surface area (Å²) < 4.78 is 3.08. The summed E-state index contributed by atoms with van der Waals surface area (Å²) in [5, 5.41) is 0. The predicted octanol–water partition coefficient (Wildman–Crippen LogP) is 3.12. The van der Waals surface area contributed by atoms with Crippen LogP contribution in [0.5, 0.6) is 0 Å². The Labute approximate surface area is 159 Å². The van der Waals surface area contributed by atoms with Crippen molar-refractivity contribution >= 4 is 45.0 Å². The first-order chi connectivity index (χ1) is 13.1. The number of hydrogen-bond acceptors (Lipinski definition) is 4. The number of imide groups is 1. The molecule has 3 aromatic rings. The first-order valence-corrected chi connectivity index (χ1v) is 9.53. The molecule has 7 heteroatoms. The van der Waals surface area contributed by atoms with Crippen LogP contribution in [0.3, 0.4) is 0 Å². The van der Waals surface area contributed by atoms with E-state index in [0.29, 0.717) is 22.6 Å². The Bertz CT molecular complexity index is 1110. The van der Waals surface area contributed by atoms with Crippen LogP contribution in [0, 0.1) is 0 Å². The Morgan fingerprint density at radius 3 is 2.37 bits per heavy atom. The number of fused-ring (bicyclic) bond motifs is 1. The summed E-state index contributed by atoms with van der Waals surface area (Å²) >= 11 is 1.47. The standard InChI is InChI=1S/C20H17N3O3S/c1-2-22-15-5-3-4-6-16(15)27-20(22)21-19(26)13-7-9-14(10-8-13)23-17(24)11-12-18(23)25/h3-10H,2,11-12H2,1H3. The zero-order valence-electron chi connectivity index (χ0n) is 14.7. The van der Waals surface area contributed by atoms with Crippen molar-refractivity contribution in [2.45, 2.75) is 26.3 Å². The maximum Gasteiger partial charge on any atom is 0.279 e. The van der Waals surface area contributed by atoms with Gasteiger partial charge in [-0.25, -0.2) is 0 Å². The van der Waals surface area contributed by atoms with E-state index in [1.54, 1.807) is 24.3 Å². The normalized spacial score (nSPS) is 15.1. The fourth-order valence-corrected chi connectivity index (χ4v) is 4.27. The van der Waals surface area contributed by atoms with Crippen LogP contribution >= 0.6 is 11.3 Å². The molecule has 1 aliphatic rings. The first-order valence-electron chi connectivity index (χ1n) is 8.72. The third-order valence-corrected chi connectivity index (χ3v) is 5.58. The number of hydrogen-bond donors (Lipinski definition) is 0. The lowest BCUT2D eigenvalue weighted by Gasteiger charge is -2.13. The number of carbonyl (C=O) groups is 3. The van der Waals surface area contributed by atoms with Gasteiger partial charge in [0.1, 0.15) is 0 Å². The molecule has 6 nitrogen and oxygen atoms in total. The molecule has 0 bridgehead atoms. The van der Waals surface area contributed by atoms with Crippen molar-refractivity contribution in [2.75, 3.05) is 4.90 Å². The summed E-state index contributed by atoms with van der Waals surface area (Å²) in [5.41, 5.74) is 1.96. The van der Waals surface area contributed by atoms with Gasteiger partial charge >= 0.3 is 0 Å². The van der Waals surface area contributed by atoms with Gasteiger partial charge in [0, 0.05) is 24.9 Å². The fraction of sp³-hybridized carbons (Fsp3) is 0.200. The van der Waals surface area contributed by atoms with Crippen LogP contribution in [0.15, 0.2) is 53.5 Å². The van der Waals surface area contributed by atoms with Gasteiger partial charge in [0.2, 0.25) is 11.8 Å². The van der Waals surface area contributed by atoms with Crippen molar-refractivity contribution in [1.82, 2.24) is 4.57 Å². The Morgan fingerprint density at radius 1 is 1.04 bits per heavy atom. The number of nitrogens with zero attached hydrogens (tertiary/aromatic N) is 3. The minimum atomic E-state index is -0.352. The number of para-hydroxylation sites is 1. The third-order valence-electron chi connectivity index (χ3n) is 4.53. The molecular weight excluding hydrogens is 362 g/mol. The zero-order chi connectivity index (χ0) is 19.0. The molecule has 0 unspecified atom stereocenters. The van der Waals surface area contributed by atoms with Gasteiger partial charge in [-0.1, -0.05) is 23.5 Å². The molecule has 2 heterocycles. The highest BCUT2D eigenvalue weighted by Crippen LogP contribution is 2.23. The van der Waals surface area contributed by atoms with E-state index in [-0.39, 0.29) is 30.6 Å². The Hall–Kier alpha value is -3.06. The summed E-state index contributed by atoms with van der Waals surface area (Å²) in [6.45, 7) is 2.73. The van der Waals surface area contributed by atoms with Crippen LogP contribution in [0.2, 0.25) is 0 Å². The molecule has 0 radical (unpaired) electrons. The maximum atomic E-state index is 12.6. The van der Waals surface area contributed by atoms with E-state index in [4.69, 9.17) is 0 Å². The molecule has 1 aromatic heterocycles. The van der Waals surface area contributed by atoms with Crippen LogP contribution < -0.4 is 9.70 Å². The number of anilines is 1. The first kappa shape index (κ1) is 17.4. The second-order valence-corrected chi connectivity index (χ2v) is 7.19. The van der Waals surface area contributed by atoms with Crippen molar-refractivity contribution < 1.29 is 14.4 Å². The van der Waals surface area contributed by atoms with Gasteiger partial charge in [0.25, 0.3) is 5.91 Å². The van der Waals surface area contributed by atoms with Gasteiger partial charge in [0.15, 0.2) is 4.80 Å². The van der Waals surface area contributed by atoms with Gasteiger partial charge in [-0.2, -0.15) is 4.99 Å². The highest BCUT2D eigenvalue weighted by molar-refractivity contribution is 7.16. The van der Waals surface area contributed by atoms with Crippen LogP contribution in [0.4, 0.5) is 5.69 Å². The largest absolute Gasteiger partial charge is 0.317 e. The number of amides is 3. The van der Waals surface area contributed by atoms with Gasteiger partial charge in [0.05, 0.1) is 15.9 Å². The molecule has 3 amide bonds. The summed E-state index contributed by atoms with van der Waals surface area (Å²) in [4.78, 5) is 42.3.